The van der Waals surface area contributed by atoms with E-state index in [9.17, 15) is 18.0 Å². The lowest BCUT2D eigenvalue weighted by Crippen LogP contribution is -2.43. The first-order valence-electron chi connectivity index (χ1n) is 10.2. The fraction of sp³-hybridized carbons (Fsp3) is 0.333. The average Bonchev–Trinajstić information content (AvgIpc) is 3.35. The number of benzene rings is 1. The molecule has 1 aliphatic rings. The minimum absolute atomic E-state index is 0.0815. The summed E-state index contributed by atoms with van der Waals surface area (Å²) in [5.74, 6) is -0.375. The van der Waals surface area contributed by atoms with Crippen LogP contribution in [-0.2, 0) is 13.0 Å². The molecule has 3 heterocycles. The molecule has 11 heteroatoms. The van der Waals surface area contributed by atoms with Crippen LogP contribution in [0.25, 0.3) is 10.4 Å². The highest BCUT2D eigenvalue weighted by Crippen LogP contribution is 2.32. The van der Waals surface area contributed by atoms with Crippen LogP contribution in [0.2, 0.25) is 0 Å². The van der Waals surface area contributed by atoms with Crippen molar-refractivity contribution in [3.63, 3.8) is 0 Å². The molecule has 4 rings (SSSR count). The SMILES string of the molecule is NCC(Cc1n[nH]c(=O)n1Cc1sc(-c2ccc(N3CCNCC3)cc2)cc1F)=C(F)F. The number of hydrogen-bond donors (Lipinski definition) is 3. The van der Waals surface area contributed by atoms with Crippen LogP contribution in [0.15, 0.2) is 46.8 Å². The van der Waals surface area contributed by atoms with Gasteiger partial charge in [0, 0.05) is 55.3 Å². The van der Waals surface area contributed by atoms with Gasteiger partial charge >= 0.3 is 5.69 Å². The van der Waals surface area contributed by atoms with E-state index in [1.165, 1.54) is 17.4 Å². The fourth-order valence-corrected chi connectivity index (χ4v) is 4.65. The summed E-state index contributed by atoms with van der Waals surface area (Å²) in [6.45, 7) is 3.30. The molecule has 0 radical (unpaired) electrons. The van der Waals surface area contributed by atoms with Crippen molar-refractivity contribution < 1.29 is 13.2 Å². The van der Waals surface area contributed by atoms with Crippen molar-refractivity contribution in [3.8, 4) is 10.4 Å². The molecule has 1 fully saturated rings. The summed E-state index contributed by atoms with van der Waals surface area (Å²) in [5, 5.41) is 9.37. The van der Waals surface area contributed by atoms with Crippen LogP contribution in [0.4, 0.5) is 18.9 Å². The Morgan fingerprint density at radius 1 is 1.19 bits per heavy atom. The van der Waals surface area contributed by atoms with Gasteiger partial charge in [0.2, 0.25) is 0 Å². The maximum Gasteiger partial charge on any atom is 0.343 e. The van der Waals surface area contributed by atoms with Gasteiger partial charge in [0.05, 0.1) is 11.4 Å². The fourth-order valence-electron chi connectivity index (χ4n) is 3.62. The van der Waals surface area contributed by atoms with Gasteiger partial charge in [-0.15, -0.1) is 11.3 Å². The monoisotopic (exact) mass is 464 g/mol. The lowest BCUT2D eigenvalue weighted by atomic mass is 10.1. The summed E-state index contributed by atoms with van der Waals surface area (Å²) < 4.78 is 41.8. The summed E-state index contributed by atoms with van der Waals surface area (Å²) in [4.78, 5) is 15.5. The number of halogens is 3. The van der Waals surface area contributed by atoms with E-state index >= 15 is 0 Å². The Morgan fingerprint density at radius 2 is 1.91 bits per heavy atom. The molecule has 0 saturated carbocycles. The smallest absolute Gasteiger partial charge is 0.343 e. The molecule has 0 aliphatic carbocycles. The van der Waals surface area contributed by atoms with Crippen molar-refractivity contribution >= 4 is 17.0 Å². The predicted molar refractivity (Wildman–Crippen MR) is 119 cm³/mol. The van der Waals surface area contributed by atoms with Crippen LogP contribution in [0, 0.1) is 5.82 Å². The molecule has 0 unspecified atom stereocenters. The summed E-state index contributed by atoms with van der Waals surface area (Å²) >= 11 is 1.22. The third-order valence-electron chi connectivity index (χ3n) is 5.42. The zero-order chi connectivity index (χ0) is 22.7. The Balaban J connectivity index is 1.54. The number of nitrogens with zero attached hydrogens (tertiary/aromatic N) is 3. The second kappa shape index (κ2) is 9.72. The molecule has 0 atom stereocenters. The Bertz CT molecular complexity index is 1160. The maximum absolute atomic E-state index is 14.7. The highest BCUT2D eigenvalue weighted by atomic mass is 32.1. The number of H-pyrrole nitrogens is 1. The van der Waals surface area contributed by atoms with Crippen LogP contribution >= 0.6 is 11.3 Å². The Kier molecular flexibility index (Phi) is 6.77. The Labute approximate surface area is 186 Å². The largest absolute Gasteiger partial charge is 0.369 e. The summed E-state index contributed by atoms with van der Waals surface area (Å²) in [6.07, 6.45) is -2.19. The van der Waals surface area contributed by atoms with E-state index in [1.807, 2.05) is 24.3 Å². The molecule has 1 aliphatic heterocycles. The van der Waals surface area contributed by atoms with Crippen LogP contribution in [0.5, 0.6) is 0 Å². The lowest BCUT2D eigenvalue weighted by Gasteiger charge is -2.29. The van der Waals surface area contributed by atoms with Crippen molar-refractivity contribution in [2.24, 2.45) is 5.73 Å². The van der Waals surface area contributed by atoms with Crippen molar-refractivity contribution in [2.45, 2.75) is 13.0 Å². The number of nitrogens with two attached hydrogens (primary N) is 1. The van der Waals surface area contributed by atoms with E-state index in [0.29, 0.717) is 4.88 Å². The van der Waals surface area contributed by atoms with Gasteiger partial charge in [-0.05, 0) is 23.8 Å². The second-order valence-electron chi connectivity index (χ2n) is 7.44. The Hall–Kier alpha value is -2.89. The molecule has 0 bridgehead atoms. The molecule has 4 N–H and O–H groups in total. The normalized spacial score (nSPS) is 14.1. The molecule has 2 aromatic heterocycles. The van der Waals surface area contributed by atoms with E-state index < -0.39 is 17.6 Å². The third-order valence-corrected chi connectivity index (χ3v) is 6.56. The highest BCUT2D eigenvalue weighted by Gasteiger charge is 2.18. The van der Waals surface area contributed by atoms with Crippen LogP contribution in [-0.4, -0.2) is 47.5 Å². The van der Waals surface area contributed by atoms with Gasteiger partial charge in [-0.25, -0.2) is 14.3 Å². The number of aromatic amines is 1. The van der Waals surface area contributed by atoms with Gasteiger partial charge < -0.3 is 16.0 Å². The van der Waals surface area contributed by atoms with Gasteiger partial charge in [-0.3, -0.25) is 4.57 Å². The highest BCUT2D eigenvalue weighted by molar-refractivity contribution is 7.15. The standard InChI is InChI=1S/C21H23F3N6OS/c22-16-10-17(13-1-3-15(4-2-13)29-7-5-26-6-8-29)32-18(16)12-30-19(27-28-21(30)31)9-14(11-25)20(23)24/h1-4,10,26H,5-9,11-12,25H2,(H,28,31). The van der Waals surface area contributed by atoms with Gasteiger partial charge in [-0.2, -0.15) is 13.9 Å². The number of anilines is 1. The van der Waals surface area contributed by atoms with Gasteiger partial charge in [0.15, 0.2) is 0 Å². The molecule has 32 heavy (non-hydrogen) atoms. The van der Waals surface area contributed by atoms with E-state index in [0.717, 1.165) is 46.9 Å². The average molecular weight is 465 g/mol. The zero-order valence-corrected chi connectivity index (χ0v) is 18.0. The van der Waals surface area contributed by atoms with E-state index in [-0.39, 0.29) is 30.9 Å². The number of nitrogens with one attached hydrogen (secondary N) is 2. The van der Waals surface area contributed by atoms with Crippen molar-refractivity contribution in [1.29, 1.82) is 0 Å². The number of rotatable bonds is 7. The minimum Gasteiger partial charge on any atom is -0.369 e. The maximum atomic E-state index is 14.7. The van der Waals surface area contributed by atoms with Gasteiger partial charge in [0.25, 0.3) is 6.08 Å². The molecule has 0 spiro atoms. The molecular weight excluding hydrogens is 441 g/mol. The topological polar surface area (TPSA) is 92.0 Å². The summed E-state index contributed by atoms with van der Waals surface area (Å²) in [6, 6.07) is 9.36. The van der Waals surface area contributed by atoms with Crippen molar-refractivity contribution in [1.82, 2.24) is 20.1 Å². The molecule has 1 saturated heterocycles. The lowest BCUT2D eigenvalue weighted by molar-refractivity contribution is 0.407. The first-order valence-corrected chi connectivity index (χ1v) is 11.0. The number of hydrogen-bond acceptors (Lipinski definition) is 6. The first-order chi connectivity index (χ1) is 15.5. The Morgan fingerprint density at radius 3 is 2.56 bits per heavy atom. The van der Waals surface area contributed by atoms with Crippen molar-refractivity contribution in [3.05, 3.63) is 69.0 Å². The molecule has 1 aromatic carbocycles. The van der Waals surface area contributed by atoms with Crippen LogP contribution < -0.4 is 21.6 Å². The third kappa shape index (κ3) is 4.79. The minimum atomic E-state index is -1.90. The quantitative estimate of drug-likeness (QED) is 0.500. The molecule has 7 nitrogen and oxygen atoms in total. The molecular formula is C21H23F3N6OS. The summed E-state index contributed by atoms with van der Waals surface area (Å²) in [5.41, 5.74) is 6.43. The molecule has 0 amide bonds. The van der Waals surface area contributed by atoms with Gasteiger partial charge in [-0.1, -0.05) is 12.1 Å². The zero-order valence-electron chi connectivity index (χ0n) is 17.2. The summed E-state index contributed by atoms with van der Waals surface area (Å²) in [7, 11) is 0. The number of thiophene rings is 1. The predicted octanol–water partition coefficient (Wildman–Crippen LogP) is 2.55. The number of piperazine rings is 1. The van der Waals surface area contributed by atoms with E-state index in [4.69, 9.17) is 5.73 Å². The number of aromatic nitrogens is 3. The molecule has 3 aromatic rings. The van der Waals surface area contributed by atoms with Crippen molar-refractivity contribution in [2.75, 3.05) is 37.6 Å². The molecule has 170 valence electrons. The second-order valence-corrected chi connectivity index (χ2v) is 8.58. The van der Waals surface area contributed by atoms with Crippen LogP contribution in [0.1, 0.15) is 10.7 Å². The van der Waals surface area contributed by atoms with Gasteiger partial charge in [0.1, 0.15) is 11.6 Å². The van der Waals surface area contributed by atoms with Crippen LogP contribution in [0.3, 0.4) is 0 Å². The first kappa shape index (κ1) is 22.3. The van der Waals surface area contributed by atoms with E-state index in [1.54, 1.807) is 0 Å². The van der Waals surface area contributed by atoms with E-state index in [2.05, 4.69) is 20.4 Å².